The molecule has 2 aliphatic rings. The largest absolute Gasteiger partial charge is 0.356 e. The van der Waals surface area contributed by atoms with Gasteiger partial charge in [-0.3, -0.25) is 14.5 Å². The van der Waals surface area contributed by atoms with Gasteiger partial charge in [0.1, 0.15) is 17.5 Å². The molecule has 0 spiro atoms. The van der Waals surface area contributed by atoms with Gasteiger partial charge in [-0.05, 0) is 46.5 Å². The molecule has 3 heterocycles. The fraction of sp³-hybridized carbons (Fsp3) is 0.542. The van der Waals surface area contributed by atoms with Gasteiger partial charge in [-0.1, -0.05) is 27.7 Å². The van der Waals surface area contributed by atoms with E-state index in [1.165, 1.54) is 6.07 Å². The van der Waals surface area contributed by atoms with Crippen LogP contribution in [0.2, 0.25) is 0 Å². The maximum Gasteiger partial charge on any atom is 0.228 e. The average Bonchev–Trinajstić information content (AvgIpc) is 2.69. The Balaban J connectivity index is 0.000000269. The Morgan fingerprint density at radius 1 is 1.06 bits per heavy atom. The summed E-state index contributed by atoms with van der Waals surface area (Å²) in [5.41, 5.74) is 1.19. The van der Waals surface area contributed by atoms with Crippen LogP contribution in [0.3, 0.4) is 0 Å². The van der Waals surface area contributed by atoms with Crippen LogP contribution in [0.5, 0.6) is 0 Å². The van der Waals surface area contributed by atoms with Crippen LogP contribution < -0.4 is 10.2 Å². The monoisotopic (exact) mass is 509 g/mol. The first kappa shape index (κ1) is 24.6. The second kappa shape index (κ2) is 9.04. The standard InChI is InChI=1S/C17H17BrF2N2O.C7H13NO/c1-9-15(18)14-11(20)6-10(19)7-12(14)21-16(9)22-8-17(2,3)5-4-13(22)23;1-7(2)4-3-6(9)8-5-7/h6-7H,4-5,8H2,1-3H3;3-5H2,1-2H3,(H,8,9). The highest BCUT2D eigenvalue weighted by atomic mass is 79.9. The van der Waals surface area contributed by atoms with E-state index in [4.69, 9.17) is 0 Å². The molecule has 2 amide bonds. The lowest BCUT2D eigenvalue weighted by Crippen LogP contribution is -2.44. The molecule has 0 radical (unpaired) electrons. The number of hydrogen-bond donors (Lipinski definition) is 1. The van der Waals surface area contributed by atoms with Gasteiger partial charge in [0.25, 0.3) is 0 Å². The van der Waals surface area contributed by atoms with Crippen molar-refractivity contribution in [2.75, 3.05) is 18.0 Å². The first-order valence-corrected chi connectivity index (χ1v) is 11.6. The number of amides is 2. The van der Waals surface area contributed by atoms with Gasteiger partial charge in [-0.15, -0.1) is 0 Å². The molecule has 2 aromatic rings. The van der Waals surface area contributed by atoms with Gasteiger partial charge in [-0.25, -0.2) is 13.8 Å². The van der Waals surface area contributed by atoms with Gasteiger partial charge >= 0.3 is 0 Å². The number of carbonyl (C=O) groups is 2. The van der Waals surface area contributed by atoms with Crippen LogP contribution in [0, 0.1) is 29.4 Å². The van der Waals surface area contributed by atoms with E-state index in [0.717, 1.165) is 25.5 Å². The van der Waals surface area contributed by atoms with Crippen molar-refractivity contribution >= 4 is 44.5 Å². The minimum Gasteiger partial charge on any atom is -0.356 e. The summed E-state index contributed by atoms with van der Waals surface area (Å²) in [5.74, 6) is -0.696. The van der Waals surface area contributed by atoms with Gasteiger partial charge in [0.05, 0.1) is 10.9 Å². The zero-order valence-corrected chi connectivity index (χ0v) is 20.8. The lowest BCUT2D eigenvalue weighted by atomic mass is 9.84. The van der Waals surface area contributed by atoms with E-state index in [-0.39, 0.29) is 28.1 Å². The summed E-state index contributed by atoms with van der Waals surface area (Å²) < 4.78 is 28.1. The van der Waals surface area contributed by atoms with Gasteiger partial charge in [-0.2, -0.15) is 0 Å². The van der Waals surface area contributed by atoms with Crippen molar-refractivity contribution in [3.05, 3.63) is 33.8 Å². The number of nitrogens with zero attached hydrogens (tertiary/aromatic N) is 2. The molecule has 0 atom stereocenters. The summed E-state index contributed by atoms with van der Waals surface area (Å²) >= 11 is 3.38. The molecule has 1 aromatic carbocycles. The Hall–Kier alpha value is -2.09. The van der Waals surface area contributed by atoms with Crippen molar-refractivity contribution in [1.82, 2.24) is 10.3 Å². The Labute approximate surface area is 196 Å². The molecule has 5 nitrogen and oxygen atoms in total. The van der Waals surface area contributed by atoms with Gasteiger partial charge in [0, 0.05) is 48.1 Å². The van der Waals surface area contributed by atoms with Crippen LogP contribution in [0.15, 0.2) is 16.6 Å². The molecule has 1 N–H and O–H groups in total. The first-order chi connectivity index (χ1) is 14.8. The molecular formula is C24H30BrF2N3O2. The molecule has 2 saturated heterocycles. The molecule has 0 bridgehead atoms. The van der Waals surface area contributed by atoms with Crippen LogP contribution in [0.1, 0.15) is 58.9 Å². The molecule has 2 fully saturated rings. The minimum atomic E-state index is -0.686. The smallest absolute Gasteiger partial charge is 0.228 e. The van der Waals surface area contributed by atoms with Crippen molar-refractivity contribution in [2.24, 2.45) is 10.8 Å². The molecule has 32 heavy (non-hydrogen) atoms. The third-order valence-electron chi connectivity index (χ3n) is 6.10. The summed E-state index contributed by atoms with van der Waals surface area (Å²) in [7, 11) is 0. The van der Waals surface area contributed by atoms with E-state index in [0.29, 0.717) is 40.7 Å². The zero-order chi connectivity index (χ0) is 23.8. The number of benzene rings is 1. The Bertz CT molecular complexity index is 1060. The van der Waals surface area contributed by atoms with Crippen molar-refractivity contribution in [1.29, 1.82) is 0 Å². The fourth-order valence-corrected chi connectivity index (χ4v) is 4.52. The van der Waals surface area contributed by atoms with Crippen molar-refractivity contribution < 1.29 is 18.4 Å². The van der Waals surface area contributed by atoms with Gasteiger partial charge in [0.15, 0.2) is 0 Å². The number of anilines is 1. The van der Waals surface area contributed by atoms with Gasteiger partial charge < -0.3 is 5.32 Å². The summed E-state index contributed by atoms with van der Waals surface area (Å²) in [6, 6.07) is 2.02. The van der Waals surface area contributed by atoms with E-state index in [1.54, 1.807) is 11.8 Å². The van der Waals surface area contributed by atoms with Crippen LogP contribution in [0.4, 0.5) is 14.6 Å². The quantitative estimate of drug-likeness (QED) is 0.539. The molecule has 8 heteroatoms. The number of halogens is 3. The first-order valence-electron chi connectivity index (χ1n) is 10.8. The molecule has 2 aliphatic heterocycles. The third-order valence-corrected chi connectivity index (χ3v) is 7.09. The van der Waals surface area contributed by atoms with Crippen LogP contribution in [-0.2, 0) is 9.59 Å². The number of hydrogen-bond acceptors (Lipinski definition) is 3. The lowest BCUT2D eigenvalue weighted by molar-refractivity contribution is -0.124. The zero-order valence-electron chi connectivity index (χ0n) is 19.2. The second-order valence-corrected chi connectivity index (χ2v) is 11.0. The Morgan fingerprint density at radius 2 is 1.72 bits per heavy atom. The molecule has 0 unspecified atom stereocenters. The van der Waals surface area contributed by atoms with Crippen LogP contribution in [-0.4, -0.2) is 29.9 Å². The molecule has 0 aliphatic carbocycles. The minimum absolute atomic E-state index is 0.0111. The van der Waals surface area contributed by atoms with Crippen LogP contribution >= 0.6 is 15.9 Å². The van der Waals surface area contributed by atoms with E-state index >= 15 is 0 Å². The second-order valence-electron chi connectivity index (χ2n) is 10.2. The molecule has 0 saturated carbocycles. The normalized spacial score (nSPS) is 19.9. The number of nitrogens with one attached hydrogen (secondary N) is 1. The number of fused-ring (bicyclic) bond motifs is 1. The molecule has 4 rings (SSSR count). The number of pyridine rings is 1. The van der Waals surface area contributed by atoms with Crippen molar-refractivity contribution in [3.8, 4) is 0 Å². The van der Waals surface area contributed by atoms with Crippen molar-refractivity contribution in [2.45, 2.75) is 60.3 Å². The lowest BCUT2D eigenvalue weighted by Gasteiger charge is -2.38. The Morgan fingerprint density at radius 3 is 2.31 bits per heavy atom. The van der Waals surface area contributed by atoms with E-state index in [9.17, 15) is 18.4 Å². The highest BCUT2D eigenvalue weighted by molar-refractivity contribution is 9.10. The SMILES string of the molecule is CC1(C)CCC(=O)NC1.Cc1c(N2CC(C)(C)CCC2=O)nc2cc(F)cc(F)c2c1Br. The molecular weight excluding hydrogens is 480 g/mol. The maximum atomic E-state index is 14.1. The molecule has 174 valence electrons. The summed E-state index contributed by atoms with van der Waals surface area (Å²) in [6.07, 6.45) is 2.99. The number of aromatic nitrogens is 1. The van der Waals surface area contributed by atoms with Gasteiger partial charge in [0.2, 0.25) is 11.8 Å². The topological polar surface area (TPSA) is 62.3 Å². The van der Waals surface area contributed by atoms with Crippen LogP contribution in [0.25, 0.3) is 10.9 Å². The van der Waals surface area contributed by atoms with Crippen molar-refractivity contribution in [3.63, 3.8) is 0 Å². The number of carbonyl (C=O) groups excluding carboxylic acids is 2. The predicted octanol–water partition coefficient (Wildman–Crippen LogP) is 5.66. The Kier molecular flexibility index (Phi) is 6.94. The van der Waals surface area contributed by atoms with E-state index < -0.39 is 11.6 Å². The molecule has 1 aromatic heterocycles. The average molecular weight is 510 g/mol. The highest BCUT2D eigenvalue weighted by Crippen LogP contribution is 2.38. The number of piperidine rings is 2. The predicted molar refractivity (Wildman–Crippen MR) is 125 cm³/mol. The summed E-state index contributed by atoms with van der Waals surface area (Å²) in [5, 5.41) is 3.07. The van der Waals surface area contributed by atoms with E-state index in [2.05, 4.69) is 53.9 Å². The number of rotatable bonds is 1. The third kappa shape index (κ3) is 5.45. The maximum absolute atomic E-state index is 14.1. The van der Waals surface area contributed by atoms with E-state index in [1.807, 2.05) is 0 Å². The fourth-order valence-electron chi connectivity index (χ4n) is 3.95. The highest BCUT2D eigenvalue weighted by Gasteiger charge is 2.34. The summed E-state index contributed by atoms with van der Waals surface area (Å²) in [6.45, 7) is 11.7. The summed E-state index contributed by atoms with van der Waals surface area (Å²) in [4.78, 5) is 29.0.